The summed E-state index contributed by atoms with van der Waals surface area (Å²) in [5.74, 6) is -0.252. The van der Waals surface area contributed by atoms with Gasteiger partial charge in [-0.05, 0) is 12.2 Å². The number of nitriles is 1. The number of allylic oxidation sites excluding steroid dienone is 3. The molecule has 4 heteroatoms. The van der Waals surface area contributed by atoms with Crippen LogP contribution in [0.5, 0.6) is 0 Å². The normalized spacial score (nSPS) is 25.2. The van der Waals surface area contributed by atoms with E-state index in [1.54, 1.807) is 18.2 Å². The lowest BCUT2D eigenvalue weighted by atomic mass is 10.0. The number of hydrogen-bond donors (Lipinski definition) is 1. The summed E-state index contributed by atoms with van der Waals surface area (Å²) >= 11 is 0. The van der Waals surface area contributed by atoms with Gasteiger partial charge in [-0.15, -0.1) is 0 Å². The number of hydrogen-bond acceptors (Lipinski definition) is 2. The van der Waals surface area contributed by atoms with E-state index in [0.29, 0.717) is 11.4 Å². The van der Waals surface area contributed by atoms with Gasteiger partial charge in [0.15, 0.2) is 0 Å². The first-order valence-corrected chi connectivity index (χ1v) is 3.49. The Bertz CT molecular complexity index is 370. The summed E-state index contributed by atoms with van der Waals surface area (Å²) in [6.07, 6.45) is 5.08. The molecule has 1 aliphatic heterocycles. The number of nitrogens with one attached hydrogen (secondary N) is 1. The molecule has 0 saturated heterocycles. The molecule has 0 aromatic rings. The molecule has 0 bridgehead atoms. The van der Waals surface area contributed by atoms with E-state index in [0.717, 1.165) is 0 Å². The highest BCUT2D eigenvalue weighted by molar-refractivity contribution is 6.18. The summed E-state index contributed by atoms with van der Waals surface area (Å²) in [4.78, 5) is 14.4. The topological polar surface area (TPSA) is 65.2 Å². The summed E-state index contributed by atoms with van der Waals surface area (Å²) < 4.78 is 0. The van der Waals surface area contributed by atoms with E-state index in [1.807, 2.05) is 0 Å². The SMILES string of the molecule is N#CC1C=CC2=NC(=O)NC2=C1. The van der Waals surface area contributed by atoms with Crippen molar-refractivity contribution in [2.75, 3.05) is 0 Å². The third-order valence-corrected chi connectivity index (χ3v) is 1.70. The molecule has 0 spiro atoms. The second-order valence-electron chi connectivity index (χ2n) is 2.52. The largest absolute Gasteiger partial charge is 0.346 e. The summed E-state index contributed by atoms with van der Waals surface area (Å²) in [6.45, 7) is 0. The van der Waals surface area contributed by atoms with Crippen LogP contribution in [-0.4, -0.2) is 11.7 Å². The Kier molecular flexibility index (Phi) is 1.31. The van der Waals surface area contributed by atoms with E-state index >= 15 is 0 Å². The summed E-state index contributed by atoms with van der Waals surface area (Å²) in [5.41, 5.74) is 1.26. The van der Waals surface area contributed by atoms with Crippen LogP contribution in [0.2, 0.25) is 0 Å². The number of nitrogens with zero attached hydrogens (tertiary/aromatic N) is 2. The molecule has 12 heavy (non-hydrogen) atoms. The lowest BCUT2D eigenvalue weighted by Crippen LogP contribution is -2.16. The lowest BCUT2D eigenvalue weighted by Gasteiger charge is -2.05. The molecule has 1 atom stereocenters. The number of amides is 2. The molecule has 2 amide bonds. The molecule has 4 nitrogen and oxygen atoms in total. The number of rotatable bonds is 0. The molecule has 0 aromatic carbocycles. The highest BCUT2D eigenvalue weighted by Crippen LogP contribution is 2.15. The molecule has 2 aliphatic rings. The zero-order chi connectivity index (χ0) is 8.55. The fourth-order valence-electron chi connectivity index (χ4n) is 1.14. The first-order chi connectivity index (χ1) is 5.79. The zero-order valence-corrected chi connectivity index (χ0v) is 6.11. The number of carbonyl (C=O) groups excluding carboxylic acids is 1. The third kappa shape index (κ3) is 0.920. The van der Waals surface area contributed by atoms with Crippen LogP contribution in [0.4, 0.5) is 4.79 Å². The Morgan fingerprint density at radius 3 is 3.25 bits per heavy atom. The maximum atomic E-state index is 10.7. The van der Waals surface area contributed by atoms with Gasteiger partial charge in [0.2, 0.25) is 0 Å². The Morgan fingerprint density at radius 1 is 1.67 bits per heavy atom. The van der Waals surface area contributed by atoms with Crippen LogP contribution in [0, 0.1) is 17.2 Å². The van der Waals surface area contributed by atoms with Crippen LogP contribution in [0.15, 0.2) is 28.9 Å². The Labute approximate surface area is 68.9 Å². The van der Waals surface area contributed by atoms with Crippen molar-refractivity contribution >= 4 is 11.7 Å². The number of urea groups is 1. The molecule has 1 heterocycles. The smallest absolute Gasteiger partial charge is 0.304 e. The molecule has 0 aromatic heterocycles. The van der Waals surface area contributed by atoms with Crippen LogP contribution in [0.1, 0.15) is 0 Å². The predicted molar refractivity (Wildman–Crippen MR) is 42.3 cm³/mol. The van der Waals surface area contributed by atoms with Crippen molar-refractivity contribution < 1.29 is 4.79 Å². The van der Waals surface area contributed by atoms with Gasteiger partial charge in [-0.25, -0.2) is 4.79 Å². The predicted octanol–water partition coefficient (Wildman–Crippen LogP) is 0.744. The second-order valence-corrected chi connectivity index (χ2v) is 2.52. The highest BCUT2D eigenvalue weighted by atomic mass is 16.2. The van der Waals surface area contributed by atoms with E-state index < -0.39 is 0 Å². The van der Waals surface area contributed by atoms with Gasteiger partial charge in [-0.1, -0.05) is 6.08 Å². The number of fused-ring (bicyclic) bond motifs is 1. The van der Waals surface area contributed by atoms with E-state index in [2.05, 4.69) is 16.4 Å². The van der Waals surface area contributed by atoms with Crippen molar-refractivity contribution in [2.45, 2.75) is 0 Å². The molecule has 1 N–H and O–H groups in total. The Hall–Kier alpha value is -1.89. The maximum absolute atomic E-state index is 10.7. The van der Waals surface area contributed by atoms with Crippen molar-refractivity contribution in [3.05, 3.63) is 23.9 Å². The van der Waals surface area contributed by atoms with Crippen molar-refractivity contribution in [3.8, 4) is 6.07 Å². The monoisotopic (exact) mass is 159 g/mol. The van der Waals surface area contributed by atoms with Gasteiger partial charge < -0.3 is 5.32 Å². The van der Waals surface area contributed by atoms with Crippen LogP contribution in [0.3, 0.4) is 0 Å². The first-order valence-electron chi connectivity index (χ1n) is 3.49. The minimum atomic E-state index is -0.362. The quantitative estimate of drug-likeness (QED) is 0.566. The lowest BCUT2D eigenvalue weighted by molar-refractivity contribution is 0.253. The van der Waals surface area contributed by atoms with Gasteiger partial charge in [-0.3, -0.25) is 0 Å². The zero-order valence-electron chi connectivity index (χ0n) is 6.11. The van der Waals surface area contributed by atoms with Crippen LogP contribution in [-0.2, 0) is 0 Å². The molecule has 2 rings (SSSR count). The van der Waals surface area contributed by atoms with E-state index in [9.17, 15) is 4.79 Å². The van der Waals surface area contributed by atoms with Gasteiger partial charge in [0.1, 0.15) is 0 Å². The van der Waals surface area contributed by atoms with Crippen molar-refractivity contribution in [3.63, 3.8) is 0 Å². The fourth-order valence-corrected chi connectivity index (χ4v) is 1.14. The van der Waals surface area contributed by atoms with Crippen LogP contribution >= 0.6 is 0 Å². The Balaban J connectivity index is 2.37. The average Bonchev–Trinajstić information content (AvgIpc) is 2.43. The third-order valence-electron chi connectivity index (χ3n) is 1.70. The van der Waals surface area contributed by atoms with E-state index in [4.69, 9.17) is 5.26 Å². The summed E-state index contributed by atoms with van der Waals surface area (Å²) in [6, 6.07) is 1.70. The van der Waals surface area contributed by atoms with Crippen molar-refractivity contribution in [2.24, 2.45) is 10.9 Å². The minimum Gasteiger partial charge on any atom is -0.304 e. The molecule has 58 valence electrons. The van der Waals surface area contributed by atoms with E-state index in [1.165, 1.54) is 0 Å². The fraction of sp³-hybridized carbons (Fsp3) is 0.125. The average molecular weight is 159 g/mol. The van der Waals surface area contributed by atoms with Crippen LogP contribution in [0.25, 0.3) is 0 Å². The highest BCUT2D eigenvalue weighted by Gasteiger charge is 2.21. The van der Waals surface area contributed by atoms with E-state index in [-0.39, 0.29) is 11.9 Å². The van der Waals surface area contributed by atoms with Gasteiger partial charge in [0.05, 0.1) is 23.4 Å². The molecule has 1 unspecified atom stereocenters. The van der Waals surface area contributed by atoms with Gasteiger partial charge in [0.25, 0.3) is 0 Å². The van der Waals surface area contributed by atoms with Crippen molar-refractivity contribution in [1.29, 1.82) is 5.26 Å². The van der Waals surface area contributed by atoms with Gasteiger partial charge >= 0.3 is 6.03 Å². The molecule has 0 fully saturated rings. The molecule has 1 aliphatic carbocycles. The molecular formula is C8H5N3O. The number of carbonyl (C=O) groups is 1. The maximum Gasteiger partial charge on any atom is 0.346 e. The Morgan fingerprint density at radius 2 is 2.50 bits per heavy atom. The summed E-state index contributed by atoms with van der Waals surface area (Å²) in [7, 11) is 0. The molecule has 0 saturated carbocycles. The van der Waals surface area contributed by atoms with Gasteiger partial charge in [-0.2, -0.15) is 10.3 Å². The first kappa shape index (κ1) is 6.80. The minimum absolute atomic E-state index is 0.252. The molecular weight excluding hydrogens is 154 g/mol. The van der Waals surface area contributed by atoms with Gasteiger partial charge in [0, 0.05) is 0 Å². The summed E-state index contributed by atoms with van der Waals surface area (Å²) in [5, 5.41) is 11.1. The second kappa shape index (κ2) is 2.31. The van der Waals surface area contributed by atoms with Crippen molar-refractivity contribution in [1.82, 2.24) is 5.32 Å². The number of aliphatic imine (C=N–C) groups is 1. The molecule has 0 radical (unpaired) electrons. The standard InChI is InChI=1S/C8H5N3O/c9-4-5-1-2-6-7(3-5)11-8(12)10-6/h1-3,5H,(H,11,12). The van der Waals surface area contributed by atoms with Crippen LogP contribution < -0.4 is 5.32 Å².